The predicted molar refractivity (Wildman–Crippen MR) is 217 cm³/mol. The number of fused-ring (bicyclic) bond motifs is 6. The SMILES string of the molecule is C1=CCC(C2CCCC(C3=C4C(=C(NC5CCC=CC5C5C=CC(c6ccc7[nH]c8c(c7c6)CCCC8)CC5)CC3)SC3CCC=CC43)C2)C=C1. The third kappa shape index (κ3) is 6.22. The maximum absolute atomic E-state index is 4.35. The summed E-state index contributed by atoms with van der Waals surface area (Å²) in [5.41, 5.74) is 11.3. The van der Waals surface area contributed by atoms with Crippen molar-refractivity contribution >= 4 is 22.7 Å². The van der Waals surface area contributed by atoms with Crippen LogP contribution in [0, 0.1) is 35.5 Å². The van der Waals surface area contributed by atoms with Crippen molar-refractivity contribution in [1.29, 1.82) is 0 Å². The normalized spacial score (nSPS) is 36.0. The second-order valence-corrected chi connectivity index (χ2v) is 18.7. The molecule has 0 spiro atoms. The van der Waals surface area contributed by atoms with Gasteiger partial charge in [0, 0.05) is 56.2 Å². The smallest absolute Gasteiger partial charge is 0.0459 e. The quantitative estimate of drug-likeness (QED) is 0.295. The molecule has 8 aliphatic rings. The average Bonchev–Trinajstić information content (AvgIpc) is 3.78. The summed E-state index contributed by atoms with van der Waals surface area (Å²) in [7, 11) is 0. The summed E-state index contributed by atoms with van der Waals surface area (Å²) >= 11 is 2.27. The number of nitrogens with one attached hydrogen (secondary N) is 2. The lowest BCUT2D eigenvalue weighted by Gasteiger charge is -2.40. The first-order valence-corrected chi connectivity index (χ1v) is 22.0. The molecule has 0 radical (unpaired) electrons. The van der Waals surface area contributed by atoms with Crippen LogP contribution in [0.15, 0.2) is 101 Å². The fraction of sp³-hybridized carbons (Fsp3) is 0.542. The molecule has 1 aromatic carbocycles. The van der Waals surface area contributed by atoms with Crippen LogP contribution in [0.25, 0.3) is 10.9 Å². The Labute approximate surface area is 311 Å². The zero-order valence-electron chi connectivity index (χ0n) is 30.6. The molecule has 2 aromatic rings. The van der Waals surface area contributed by atoms with Crippen molar-refractivity contribution in [2.45, 2.75) is 126 Å². The zero-order valence-corrected chi connectivity index (χ0v) is 31.4. The summed E-state index contributed by atoms with van der Waals surface area (Å²) in [4.78, 5) is 5.44. The van der Waals surface area contributed by atoms with Crippen LogP contribution in [0.2, 0.25) is 0 Å². The van der Waals surface area contributed by atoms with Crippen LogP contribution in [0.1, 0.15) is 119 Å². The van der Waals surface area contributed by atoms with Crippen LogP contribution in [0.4, 0.5) is 0 Å². The molecule has 9 unspecified atom stereocenters. The summed E-state index contributed by atoms with van der Waals surface area (Å²) in [6.45, 7) is 0. The van der Waals surface area contributed by atoms with E-state index in [1.54, 1.807) is 21.7 Å². The molecular weight excluding hydrogens is 637 g/mol. The number of H-pyrrole nitrogens is 1. The Balaban J connectivity index is 0.889. The Morgan fingerprint density at radius 1 is 0.745 bits per heavy atom. The first-order chi connectivity index (χ1) is 25.3. The van der Waals surface area contributed by atoms with Crippen LogP contribution >= 0.6 is 11.8 Å². The largest absolute Gasteiger partial charge is 0.384 e. The van der Waals surface area contributed by atoms with Gasteiger partial charge in [0.15, 0.2) is 0 Å². The van der Waals surface area contributed by atoms with Gasteiger partial charge in [-0.3, -0.25) is 0 Å². The molecule has 1 aliphatic heterocycles. The minimum Gasteiger partial charge on any atom is -0.384 e. The van der Waals surface area contributed by atoms with Crippen LogP contribution < -0.4 is 5.32 Å². The number of benzene rings is 1. The number of thioether (sulfide) groups is 1. The Hall–Kier alpha value is -2.91. The molecule has 1 aromatic heterocycles. The van der Waals surface area contributed by atoms with Gasteiger partial charge in [0.2, 0.25) is 0 Å². The maximum Gasteiger partial charge on any atom is 0.0459 e. The third-order valence-electron chi connectivity index (χ3n) is 14.6. The van der Waals surface area contributed by atoms with Gasteiger partial charge in [-0.15, -0.1) is 11.8 Å². The van der Waals surface area contributed by atoms with Crippen LogP contribution in [-0.4, -0.2) is 16.3 Å². The van der Waals surface area contributed by atoms with Crippen molar-refractivity contribution in [1.82, 2.24) is 10.3 Å². The topological polar surface area (TPSA) is 27.8 Å². The fourth-order valence-corrected chi connectivity index (χ4v) is 13.5. The molecule has 2 heterocycles. The Morgan fingerprint density at radius 2 is 1.69 bits per heavy atom. The molecule has 51 heavy (non-hydrogen) atoms. The monoisotopic (exact) mass is 694 g/mol. The summed E-state index contributed by atoms with van der Waals surface area (Å²) in [6, 6.07) is 7.85. The van der Waals surface area contributed by atoms with E-state index in [0.29, 0.717) is 29.7 Å². The molecule has 1 saturated heterocycles. The average molecular weight is 695 g/mol. The van der Waals surface area contributed by atoms with Crippen molar-refractivity contribution in [3.63, 3.8) is 0 Å². The molecule has 2 N–H and O–H groups in total. The number of hydrogen-bond donors (Lipinski definition) is 2. The minimum atomic E-state index is 0.540. The Morgan fingerprint density at radius 3 is 2.61 bits per heavy atom. The zero-order chi connectivity index (χ0) is 33.7. The lowest BCUT2D eigenvalue weighted by atomic mass is 9.68. The first-order valence-electron chi connectivity index (χ1n) is 21.1. The van der Waals surface area contributed by atoms with Crippen LogP contribution in [0.5, 0.6) is 0 Å². The van der Waals surface area contributed by atoms with Crippen molar-refractivity contribution < 1.29 is 0 Å². The number of allylic oxidation sites excluding steroid dienone is 12. The van der Waals surface area contributed by atoms with E-state index < -0.39 is 0 Å². The number of rotatable bonds is 6. The van der Waals surface area contributed by atoms with Gasteiger partial charge in [0.1, 0.15) is 0 Å². The Kier molecular flexibility index (Phi) is 9.08. The summed E-state index contributed by atoms with van der Waals surface area (Å²) in [5, 5.41) is 6.60. The van der Waals surface area contributed by atoms with Crippen molar-refractivity contribution in [2.24, 2.45) is 35.5 Å². The van der Waals surface area contributed by atoms with Gasteiger partial charge in [-0.05, 0) is 155 Å². The van der Waals surface area contributed by atoms with Crippen LogP contribution in [-0.2, 0) is 12.8 Å². The number of aromatic nitrogens is 1. The maximum atomic E-state index is 4.35. The van der Waals surface area contributed by atoms with E-state index in [0.717, 1.165) is 23.0 Å². The minimum absolute atomic E-state index is 0.540. The fourth-order valence-electron chi connectivity index (χ4n) is 11.9. The second-order valence-electron chi connectivity index (χ2n) is 17.4. The third-order valence-corrected chi connectivity index (χ3v) is 16.1. The predicted octanol–water partition coefficient (Wildman–Crippen LogP) is 12.3. The van der Waals surface area contributed by atoms with Gasteiger partial charge >= 0.3 is 0 Å². The molecule has 1 saturated carbocycles. The second kappa shape index (κ2) is 14.1. The van der Waals surface area contributed by atoms with E-state index in [4.69, 9.17) is 0 Å². The molecule has 0 bridgehead atoms. The van der Waals surface area contributed by atoms with Gasteiger partial charge in [-0.1, -0.05) is 78.8 Å². The van der Waals surface area contributed by atoms with Gasteiger partial charge < -0.3 is 10.3 Å². The lowest BCUT2D eigenvalue weighted by molar-refractivity contribution is 0.236. The molecule has 3 heteroatoms. The highest BCUT2D eigenvalue weighted by atomic mass is 32.2. The first kappa shape index (κ1) is 32.7. The molecular formula is C48H58N2S. The molecule has 9 atom stereocenters. The lowest BCUT2D eigenvalue weighted by Crippen LogP contribution is -2.41. The summed E-state index contributed by atoms with van der Waals surface area (Å²) in [5.74, 6) is 4.80. The van der Waals surface area contributed by atoms with E-state index in [9.17, 15) is 0 Å². The summed E-state index contributed by atoms with van der Waals surface area (Å²) in [6.07, 6.45) is 47.1. The van der Waals surface area contributed by atoms with Crippen molar-refractivity contribution in [3.05, 3.63) is 118 Å². The number of hydrogen-bond acceptors (Lipinski definition) is 2. The number of aromatic amines is 1. The molecule has 10 rings (SSSR count). The van der Waals surface area contributed by atoms with Gasteiger partial charge in [-0.2, -0.15) is 0 Å². The molecule has 7 aliphatic carbocycles. The number of aryl methyl sites for hydroxylation is 2. The van der Waals surface area contributed by atoms with Crippen molar-refractivity contribution in [2.75, 3.05) is 0 Å². The van der Waals surface area contributed by atoms with Gasteiger partial charge in [-0.25, -0.2) is 0 Å². The standard InChI is InChI=1S/C48H58N2S/c1-2-11-31(12-3-1)34-13-10-14-36(29-34)38-26-28-45(48-47(38)40-17-6-9-20-46(40)51-48)50-42-18-7-4-15-37(42)33-23-21-32(22-24-33)35-25-27-44-41(30-35)39-16-5-8-19-43(39)49-44/h1-4,6,11,15,17,21,23,25,27,30-34,36-37,40,42,46,49-50H,5,7-10,12-14,16,18-20,22,24,26,28-29H2. The highest BCUT2D eigenvalue weighted by Gasteiger charge is 2.43. The van der Waals surface area contributed by atoms with E-state index in [1.165, 1.54) is 131 Å². The molecule has 2 nitrogen and oxygen atoms in total. The molecule has 0 amide bonds. The Bertz CT molecular complexity index is 1860. The van der Waals surface area contributed by atoms with E-state index in [-0.39, 0.29) is 0 Å². The molecule has 266 valence electrons. The van der Waals surface area contributed by atoms with Gasteiger partial charge in [0.05, 0.1) is 0 Å². The van der Waals surface area contributed by atoms with E-state index >= 15 is 0 Å². The van der Waals surface area contributed by atoms with Gasteiger partial charge in [0.25, 0.3) is 0 Å². The van der Waals surface area contributed by atoms with Crippen molar-refractivity contribution in [3.8, 4) is 0 Å². The van der Waals surface area contributed by atoms with E-state index in [2.05, 4.69) is 101 Å². The highest BCUT2D eigenvalue weighted by molar-refractivity contribution is 8.04. The van der Waals surface area contributed by atoms with E-state index in [1.807, 2.05) is 5.57 Å². The molecule has 2 fully saturated rings. The summed E-state index contributed by atoms with van der Waals surface area (Å²) < 4.78 is 0. The highest BCUT2D eigenvalue weighted by Crippen LogP contribution is 2.57. The van der Waals surface area contributed by atoms with Crippen LogP contribution in [0.3, 0.4) is 0 Å².